The van der Waals surface area contributed by atoms with E-state index >= 15 is 0 Å². The highest BCUT2D eigenvalue weighted by Crippen LogP contribution is 2.59. The summed E-state index contributed by atoms with van der Waals surface area (Å²) in [4.78, 5) is 12.0. The van der Waals surface area contributed by atoms with Gasteiger partial charge in [-0.05, 0) is 43.9 Å². The Hall–Kier alpha value is -0.940. The standard InChI is InChI=1S/C15H20F4O6S/c16-14(17,15(18,19)26(22,23)24)2-1-11(20)25-13-6-9-3-10(7-13)5-12(21,4-9)8-13/h9-10,21H,1-8H2,(H,22,23,24). The monoisotopic (exact) mass is 404 g/mol. The van der Waals surface area contributed by atoms with Gasteiger partial charge in [0.1, 0.15) is 5.60 Å². The maximum Gasteiger partial charge on any atom is 0.431 e. The first-order chi connectivity index (χ1) is 11.7. The molecule has 150 valence electrons. The fourth-order valence-corrected chi connectivity index (χ4v) is 5.62. The van der Waals surface area contributed by atoms with Crippen molar-refractivity contribution in [3.8, 4) is 0 Å². The van der Waals surface area contributed by atoms with Crippen LogP contribution in [0.2, 0.25) is 0 Å². The summed E-state index contributed by atoms with van der Waals surface area (Å²) >= 11 is 0. The summed E-state index contributed by atoms with van der Waals surface area (Å²) in [5.74, 6) is -5.95. The van der Waals surface area contributed by atoms with E-state index in [1.165, 1.54) is 0 Å². The highest BCUT2D eigenvalue weighted by molar-refractivity contribution is 7.87. The van der Waals surface area contributed by atoms with Gasteiger partial charge < -0.3 is 9.84 Å². The molecular formula is C15H20F4O6S. The Labute approximate surface area is 147 Å². The Morgan fingerprint density at radius 1 is 1.12 bits per heavy atom. The zero-order valence-corrected chi connectivity index (χ0v) is 14.6. The van der Waals surface area contributed by atoms with Gasteiger partial charge >= 0.3 is 27.3 Å². The Balaban J connectivity index is 1.63. The molecule has 2 atom stereocenters. The van der Waals surface area contributed by atoms with Gasteiger partial charge in [-0.2, -0.15) is 26.0 Å². The van der Waals surface area contributed by atoms with Crippen molar-refractivity contribution < 1.29 is 45.2 Å². The number of esters is 1. The summed E-state index contributed by atoms with van der Waals surface area (Å²) < 4.78 is 87.8. The molecule has 0 aromatic rings. The third kappa shape index (κ3) is 3.33. The molecule has 0 aromatic carbocycles. The molecule has 0 heterocycles. The number of halogens is 4. The third-order valence-corrected chi connectivity index (χ3v) is 6.65. The van der Waals surface area contributed by atoms with Gasteiger partial charge in [0, 0.05) is 12.8 Å². The molecule has 4 aliphatic carbocycles. The summed E-state index contributed by atoms with van der Waals surface area (Å²) in [5, 5.41) is 4.83. The number of carbonyl (C=O) groups is 1. The molecule has 26 heavy (non-hydrogen) atoms. The van der Waals surface area contributed by atoms with E-state index in [1.807, 2.05) is 0 Å². The van der Waals surface area contributed by atoms with Gasteiger partial charge in [0.2, 0.25) is 0 Å². The first-order valence-corrected chi connectivity index (χ1v) is 9.78. The molecule has 11 heteroatoms. The molecule has 0 radical (unpaired) electrons. The van der Waals surface area contributed by atoms with E-state index in [-0.39, 0.29) is 18.3 Å². The predicted molar refractivity (Wildman–Crippen MR) is 79.1 cm³/mol. The van der Waals surface area contributed by atoms with E-state index in [4.69, 9.17) is 9.29 Å². The Morgan fingerprint density at radius 3 is 2.12 bits per heavy atom. The van der Waals surface area contributed by atoms with Crippen LogP contribution in [0.3, 0.4) is 0 Å². The number of hydrogen-bond acceptors (Lipinski definition) is 5. The average Bonchev–Trinajstić information content (AvgIpc) is 2.40. The van der Waals surface area contributed by atoms with Crippen molar-refractivity contribution in [2.45, 2.75) is 73.7 Å². The molecule has 6 nitrogen and oxygen atoms in total. The minimum atomic E-state index is -6.33. The minimum absolute atomic E-state index is 0.166. The number of rotatable bonds is 6. The predicted octanol–water partition coefficient (Wildman–Crippen LogP) is 2.51. The fraction of sp³-hybridized carbons (Fsp3) is 0.933. The van der Waals surface area contributed by atoms with Crippen LogP contribution in [0.15, 0.2) is 0 Å². The fourth-order valence-electron chi connectivity index (χ4n) is 5.14. The van der Waals surface area contributed by atoms with Crippen molar-refractivity contribution in [3.63, 3.8) is 0 Å². The third-order valence-electron chi connectivity index (χ3n) is 5.70. The molecule has 4 rings (SSSR count). The van der Waals surface area contributed by atoms with E-state index in [0.717, 1.165) is 6.42 Å². The van der Waals surface area contributed by atoms with Gasteiger partial charge in [-0.1, -0.05) is 0 Å². The summed E-state index contributed by atoms with van der Waals surface area (Å²) in [6, 6.07) is 0. The topological polar surface area (TPSA) is 101 Å². The Morgan fingerprint density at radius 2 is 1.65 bits per heavy atom. The molecule has 2 unspecified atom stereocenters. The molecule has 0 aromatic heterocycles. The second-order valence-electron chi connectivity index (χ2n) is 8.04. The molecular weight excluding hydrogens is 384 g/mol. The van der Waals surface area contributed by atoms with Crippen LogP contribution in [-0.2, 0) is 19.6 Å². The van der Waals surface area contributed by atoms with Crippen LogP contribution >= 0.6 is 0 Å². The van der Waals surface area contributed by atoms with Gasteiger partial charge in [-0.25, -0.2) is 0 Å². The van der Waals surface area contributed by atoms with Crippen molar-refractivity contribution >= 4 is 16.1 Å². The molecule has 0 aliphatic heterocycles. The van der Waals surface area contributed by atoms with E-state index in [9.17, 15) is 35.9 Å². The van der Waals surface area contributed by atoms with Gasteiger partial charge in [0.25, 0.3) is 0 Å². The van der Waals surface area contributed by atoms with E-state index in [1.54, 1.807) is 0 Å². The maximum atomic E-state index is 13.5. The Kier molecular flexibility index (Phi) is 4.40. The van der Waals surface area contributed by atoms with E-state index in [2.05, 4.69) is 0 Å². The van der Waals surface area contributed by atoms with E-state index in [0.29, 0.717) is 25.7 Å². The molecule has 0 saturated heterocycles. The van der Waals surface area contributed by atoms with Gasteiger partial charge in [0.15, 0.2) is 0 Å². The second kappa shape index (κ2) is 5.78. The highest BCUT2D eigenvalue weighted by Gasteiger charge is 2.65. The molecule has 0 spiro atoms. The zero-order chi connectivity index (χ0) is 19.6. The van der Waals surface area contributed by atoms with Crippen LogP contribution in [0.4, 0.5) is 17.6 Å². The SMILES string of the molecule is O=C(CCC(F)(F)C(F)(F)S(=O)(=O)O)OC12CC3CC(CC(O)(C3)C1)C2. The lowest BCUT2D eigenvalue weighted by Crippen LogP contribution is -2.60. The van der Waals surface area contributed by atoms with Crippen LogP contribution in [0.5, 0.6) is 0 Å². The molecule has 4 aliphatic rings. The maximum absolute atomic E-state index is 13.5. The lowest BCUT2D eigenvalue weighted by Gasteiger charge is -2.59. The van der Waals surface area contributed by atoms with Gasteiger partial charge in [-0.15, -0.1) is 0 Å². The normalized spacial score (nSPS) is 37.0. The number of alkyl halides is 4. The van der Waals surface area contributed by atoms with Crippen LogP contribution in [0, 0.1) is 11.8 Å². The number of ether oxygens (including phenoxy) is 1. The van der Waals surface area contributed by atoms with Crippen LogP contribution in [0.25, 0.3) is 0 Å². The molecule has 4 bridgehead atoms. The van der Waals surface area contributed by atoms with Crippen molar-refractivity contribution in [2.24, 2.45) is 11.8 Å². The van der Waals surface area contributed by atoms with Gasteiger partial charge in [0.05, 0.1) is 12.0 Å². The first-order valence-electron chi connectivity index (χ1n) is 8.34. The first kappa shape index (κ1) is 19.8. The number of hydrogen-bond donors (Lipinski definition) is 2. The molecule has 4 saturated carbocycles. The lowest BCUT2D eigenvalue weighted by atomic mass is 9.52. The quantitative estimate of drug-likeness (QED) is 0.401. The van der Waals surface area contributed by atoms with Crippen LogP contribution in [0.1, 0.15) is 51.4 Å². The van der Waals surface area contributed by atoms with Gasteiger partial charge in [-0.3, -0.25) is 9.35 Å². The van der Waals surface area contributed by atoms with Crippen molar-refractivity contribution in [3.05, 3.63) is 0 Å². The average molecular weight is 404 g/mol. The smallest absolute Gasteiger partial charge is 0.431 e. The zero-order valence-electron chi connectivity index (χ0n) is 13.8. The molecule has 4 fully saturated rings. The Bertz CT molecular complexity index is 693. The minimum Gasteiger partial charge on any atom is -0.459 e. The van der Waals surface area contributed by atoms with Crippen LogP contribution in [-0.4, -0.2) is 46.4 Å². The summed E-state index contributed by atoms with van der Waals surface area (Å²) in [6.45, 7) is 0. The molecule has 2 N–H and O–H groups in total. The number of carbonyl (C=O) groups excluding carboxylic acids is 1. The summed E-state index contributed by atoms with van der Waals surface area (Å²) in [5.41, 5.74) is -1.93. The summed E-state index contributed by atoms with van der Waals surface area (Å²) in [6.07, 6.45) is 0.364. The second-order valence-corrected chi connectivity index (χ2v) is 9.50. The van der Waals surface area contributed by atoms with E-state index < -0.39 is 51.3 Å². The van der Waals surface area contributed by atoms with Crippen LogP contribution < -0.4 is 0 Å². The lowest BCUT2D eigenvalue weighted by molar-refractivity contribution is -0.222. The van der Waals surface area contributed by atoms with Crippen molar-refractivity contribution in [2.75, 3.05) is 0 Å². The van der Waals surface area contributed by atoms with Crippen molar-refractivity contribution in [1.29, 1.82) is 0 Å². The summed E-state index contributed by atoms with van der Waals surface area (Å²) in [7, 11) is -6.33. The molecule has 0 amide bonds. The van der Waals surface area contributed by atoms with Crippen molar-refractivity contribution in [1.82, 2.24) is 0 Å². The highest BCUT2D eigenvalue weighted by atomic mass is 32.2. The largest absolute Gasteiger partial charge is 0.459 e. The number of aliphatic hydroxyl groups is 1.